The van der Waals surface area contributed by atoms with Crippen molar-refractivity contribution in [1.29, 1.82) is 0 Å². The first-order valence-corrected chi connectivity index (χ1v) is 12.8. The van der Waals surface area contributed by atoms with Crippen molar-refractivity contribution in [2.45, 2.75) is 39.5 Å². The number of para-hydroxylation sites is 1. The summed E-state index contributed by atoms with van der Waals surface area (Å²) in [6, 6.07) is 28.3. The second kappa shape index (κ2) is 12.4. The molecule has 5 rings (SSSR count). The van der Waals surface area contributed by atoms with Crippen LogP contribution in [0.3, 0.4) is 0 Å². The van der Waals surface area contributed by atoms with Gasteiger partial charge in [0.15, 0.2) is 0 Å². The number of nitrogens with zero attached hydrogens (tertiary/aromatic N) is 3. The summed E-state index contributed by atoms with van der Waals surface area (Å²) in [5, 5.41) is 10.8. The molecule has 39 heavy (non-hydrogen) atoms. The zero-order valence-corrected chi connectivity index (χ0v) is 24.6. The second-order valence-electron chi connectivity index (χ2n) is 9.87. The zero-order valence-electron chi connectivity index (χ0n) is 22.3. The van der Waals surface area contributed by atoms with Gasteiger partial charge in [-0.2, -0.15) is 0 Å². The molecule has 0 fully saturated rings. The Balaban J connectivity index is 0.00000353. The number of aromatic nitrogens is 3. The summed E-state index contributed by atoms with van der Waals surface area (Å²) in [7, 11) is 0. The number of phenolic OH excluding ortho intramolecular Hbond substituents is 1. The van der Waals surface area contributed by atoms with Gasteiger partial charge >= 0.3 is 0 Å². The van der Waals surface area contributed by atoms with Gasteiger partial charge < -0.3 is 9.84 Å². The third-order valence-corrected chi connectivity index (χ3v) is 6.41. The minimum absolute atomic E-state index is 0. The number of phenols is 1. The van der Waals surface area contributed by atoms with Crippen LogP contribution in [0.15, 0.2) is 91.3 Å². The van der Waals surface area contributed by atoms with Crippen LogP contribution in [0.1, 0.15) is 50.7 Å². The Bertz CT molecular complexity index is 1540. The Hall–Kier alpha value is -3.82. The van der Waals surface area contributed by atoms with Gasteiger partial charge in [0.2, 0.25) is 5.88 Å². The Labute approximate surface area is 244 Å². The maximum atomic E-state index is 10.8. The average Bonchev–Trinajstić information content (AvgIpc) is 2.93. The minimum atomic E-state index is 0. The quantitative estimate of drug-likeness (QED) is 0.173. The molecular weight excluding hydrogens is 665 g/mol. The second-order valence-corrected chi connectivity index (χ2v) is 9.87. The summed E-state index contributed by atoms with van der Waals surface area (Å²) >= 11 is 0. The number of benzene rings is 3. The summed E-state index contributed by atoms with van der Waals surface area (Å²) in [4.78, 5) is 14.2. The van der Waals surface area contributed by atoms with Crippen LogP contribution in [-0.4, -0.2) is 20.1 Å². The monoisotopic (exact) mass is 695 g/mol. The molecule has 200 valence electrons. The van der Waals surface area contributed by atoms with Gasteiger partial charge in [0, 0.05) is 62.1 Å². The molecule has 2 heterocycles. The molecule has 5 aromatic rings. The summed E-state index contributed by atoms with van der Waals surface area (Å²) in [6.07, 6.45) is 3.44. The van der Waals surface area contributed by atoms with Crippen LogP contribution in [-0.2, 0) is 21.1 Å². The van der Waals surface area contributed by atoms with Crippen molar-refractivity contribution in [3.05, 3.63) is 108 Å². The molecule has 0 saturated carbocycles. The minimum Gasteiger partial charge on any atom is -0.507 e. The molecular formula is C33H30N3O2Pt-. The fourth-order valence-electron chi connectivity index (χ4n) is 4.25. The Morgan fingerprint density at radius 1 is 0.769 bits per heavy atom. The predicted octanol–water partition coefficient (Wildman–Crippen LogP) is 8.41. The van der Waals surface area contributed by atoms with Crippen molar-refractivity contribution < 1.29 is 30.9 Å². The first-order valence-electron chi connectivity index (χ1n) is 12.8. The van der Waals surface area contributed by atoms with Crippen molar-refractivity contribution in [1.82, 2.24) is 15.0 Å². The van der Waals surface area contributed by atoms with Gasteiger partial charge in [-0.25, -0.2) is 4.98 Å². The van der Waals surface area contributed by atoms with E-state index in [-0.39, 0.29) is 26.8 Å². The predicted molar refractivity (Wildman–Crippen MR) is 151 cm³/mol. The number of ether oxygens (including phenoxy) is 1. The number of pyridine rings is 1. The molecule has 0 aliphatic carbocycles. The van der Waals surface area contributed by atoms with Crippen LogP contribution in [0, 0.1) is 6.07 Å². The number of rotatable bonds is 7. The van der Waals surface area contributed by atoms with Crippen LogP contribution in [0.4, 0.5) is 0 Å². The standard InChI is InChI=1S/C33H30N3O2.Pt/c1-21(2)24-16-25(22(3)4)18-26(17-24)32-33(28-12-5-6-13-30(28)37)36-29(20-35-32)23-10-9-11-27(19-23)38-31-14-7-8-15-34-31;/h5-18,20-22,37H,1-4H3;/q-1;. The molecule has 0 amide bonds. The molecule has 0 unspecified atom stereocenters. The molecule has 0 spiro atoms. The molecule has 0 bridgehead atoms. The molecule has 1 N–H and O–H groups in total. The third kappa shape index (κ3) is 6.43. The van der Waals surface area contributed by atoms with Gasteiger partial charge in [-0.05, 0) is 53.3 Å². The largest absolute Gasteiger partial charge is 0.507 e. The molecule has 3 aromatic carbocycles. The van der Waals surface area contributed by atoms with E-state index in [4.69, 9.17) is 14.7 Å². The fraction of sp³-hybridized carbons (Fsp3) is 0.182. The summed E-state index contributed by atoms with van der Waals surface area (Å²) in [5.74, 6) is 1.90. The maximum Gasteiger partial charge on any atom is 0.217 e. The van der Waals surface area contributed by atoms with E-state index in [9.17, 15) is 5.11 Å². The van der Waals surface area contributed by atoms with Gasteiger partial charge in [0.05, 0.1) is 11.4 Å². The number of hydrogen-bond donors (Lipinski definition) is 1. The fourth-order valence-corrected chi connectivity index (χ4v) is 4.25. The molecule has 0 radical (unpaired) electrons. The van der Waals surface area contributed by atoms with Crippen molar-refractivity contribution >= 4 is 0 Å². The van der Waals surface area contributed by atoms with Crippen molar-refractivity contribution in [2.24, 2.45) is 0 Å². The van der Waals surface area contributed by atoms with Crippen molar-refractivity contribution in [3.63, 3.8) is 0 Å². The first-order chi connectivity index (χ1) is 18.4. The first kappa shape index (κ1) is 28.2. The van der Waals surface area contributed by atoms with Gasteiger partial charge in [0.1, 0.15) is 5.75 Å². The molecule has 0 saturated heterocycles. The van der Waals surface area contributed by atoms with Crippen LogP contribution in [0.2, 0.25) is 0 Å². The Morgan fingerprint density at radius 3 is 2.15 bits per heavy atom. The molecule has 2 aromatic heterocycles. The van der Waals surface area contributed by atoms with E-state index in [1.165, 1.54) is 11.1 Å². The van der Waals surface area contributed by atoms with Gasteiger partial charge in [-0.15, -0.1) is 23.8 Å². The SMILES string of the molecule is CC(C)c1cc(-c2ncc(-c3[c-]c(Oc4ccccn4)ccc3)nc2-c2ccccc2O)cc(C(C)C)c1.[Pt]. The van der Waals surface area contributed by atoms with Crippen molar-refractivity contribution in [3.8, 4) is 51.2 Å². The van der Waals surface area contributed by atoms with E-state index in [1.807, 2.05) is 42.5 Å². The molecule has 0 aliphatic rings. The van der Waals surface area contributed by atoms with E-state index < -0.39 is 0 Å². The molecule has 0 aliphatic heterocycles. The molecule has 5 nitrogen and oxygen atoms in total. The summed E-state index contributed by atoms with van der Waals surface area (Å²) < 4.78 is 5.88. The van der Waals surface area contributed by atoms with Gasteiger partial charge in [0.25, 0.3) is 0 Å². The topological polar surface area (TPSA) is 68.1 Å². The van der Waals surface area contributed by atoms with E-state index >= 15 is 0 Å². The van der Waals surface area contributed by atoms with Crippen LogP contribution < -0.4 is 4.74 Å². The molecule has 6 heteroatoms. The van der Waals surface area contributed by atoms with E-state index in [1.54, 1.807) is 30.6 Å². The van der Waals surface area contributed by atoms with Crippen LogP contribution in [0.25, 0.3) is 33.8 Å². The normalized spacial score (nSPS) is 10.9. The van der Waals surface area contributed by atoms with E-state index in [0.717, 1.165) is 16.8 Å². The smallest absolute Gasteiger partial charge is 0.217 e. The van der Waals surface area contributed by atoms with Crippen LogP contribution in [0.5, 0.6) is 17.4 Å². The van der Waals surface area contributed by atoms with E-state index in [2.05, 4.69) is 56.9 Å². The average molecular weight is 696 g/mol. The van der Waals surface area contributed by atoms with Gasteiger partial charge in [-0.1, -0.05) is 58.0 Å². The Kier molecular flexibility index (Phi) is 8.93. The van der Waals surface area contributed by atoms with E-state index in [0.29, 0.717) is 40.4 Å². The van der Waals surface area contributed by atoms with Crippen LogP contribution >= 0.6 is 0 Å². The maximum absolute atomic E-state index is 10.8. The zero-order chi connectivity index (χ0) is 26.6. The Morgan fingerprint density at radius 2 is 1.49 bits per heavy atom. The van der Waals surface area contributed by atoms with Gasteiger partial charge in [-0.3, -0.25) is 9.97 Å². The third-order valence-electron chi connectivity index (χ3n) is 6.41. The summed E-state index contributed by atoms with van der Waals surface area (Å²) in [6.45, 7) is 8.77. The molecule has 0 atom stereocenters. The number of aromatic hydroxyl groups is 1. The van der Waals surface area contributed by atoms with Crippen molar-refractivity contribution in [2.75, 3.05) is 0 Å². The summed E-state index contributed by atoms with van der Waals surface area (Å²) in [5.41, 5.74) is 6.78. The number of hydrogen-bond acceptors (Lipinski definition) is 5.